The molecule has 0 spiro atoms. The van der Waals surface area contributed by atoms with Crippen molar-refractivity contribution in [3.05, 3.63) is 54.6 Å². The summed E-state index contributed by atoms with van der Waals surface area (Å²) in [7, 11) is 1.67. The van der Waals surface area contributed by atoms with E-state index < -0.39 is 0 Å². The molecule has 0 unspecified atom stereocenters. The third kappa shape index (κ3) is 3.08. The molecular formula is C16H18N4O. The minimum absolute atomic E-state index is 0.779. The van der Waals surface area contributed by atoms with Crippen LogP contribution in [0.15, 0.2) is 59.6 Å². The Kier molecular flexibility index (Phi) is 3.91. The first-order valence-corrected chi connectivity index (χ1v) is 6.91. The molecule has 2 N–H and O–H groups in total. The number of nitrogens with one attached hydrogen (secondary N) is 2. The summed E-state index contributed by atoms with van der Waals surface area (Å²) < 4.78 is 5.31. The van der Waals surface area contributed by atoms with E-state index in [1.165, 1.54) is 0 Å². The number of hydrogen-bond donors (Lipinski definition) is 2. The second-order valence-electron chi connectivity index (χ2n) is 4.64. The zero-order chi connectivity index (χ0) is 14.5. The van der Waals surface area contributed by atoms with E-state index in [0.717, 1.165) is 36.2 Å². The van der Waals surface area contributed by atoms with E-state index in [1.54, 1.807) is 7.11 Å². The predicted octanol–water partition coefficient (Wildman–Crippen LogP) is 2.30. The van der Waals surface area contributed by atoms with Crippen molar-refractivity contribution in [2.45, 2.75) is 0 Å². The molecule has 0 amide bonds. The normalized spacial score (nSPS) is 13.3. The molecule has 1 aliphatic heterocycles. The number of aliphatic imine (C=N–C) groups is 1. The number of methoxy groups -OCH3 is 1. The second-order valence-corrected chi connectivity index (χ2v) is 4.64. The molecular weight excluding hydrogens is 264 g/mol. The topological polar surface area (TPSA) is 48.9 Å². The molecule has 0 aliphatic carbocycles. The van der Waals surface area contributed by atoms with Gasteiger partial charge in [-0.3, -0.25) is 15.4 Å². The number of nitrogens with zero attached hydrogens (tertiary/aromatic N) is 2. The number of benzene rings is 2. The molecule has 0 atom stereocenters. The minimum Gasteiger partial charge on any atom is -0.497 e. The molecule has 1 aliphatic rings. The molecule has 2 aromatic carbocycles. The Labute approximate surface area is 124 Å². The molecule has 21 heavy (non-hydrogen) atoms. The maximum absolute atomic E-state index is 5.31. The summed E-state index contributed by atoms with van der Waals surface area (Å²) in [4.78, 5) is 4.39. The largest absolute Gasteiger partial charge is 0.497 e. The zero-order valence-electron chi connectivity index (χ0n) is 11.9. The van der Waals surface area contributed by atoms with Crippen LogP contribution in [0.4, 0.5) is 11.4 Å². The van der Waals surface area contributed by atoms with E-state index >= 15 is 0 Å². The van der Waals surface area contributed by atoms with Crippen LogP contribution in [0.1, 0.15) is 0 Å². The molecule has 5 nitrogen and oxygen atoms in total. The maximum atomic E-state index is 5.31. The molecule has 5 heteroatoms. The van der Waals surface area contributed by atoms with Gasteiger partial charge < -0.3 is 10.1 Å². The highest BCUT2D eigenvalue weighted by atomic mass is 16.5. The maximum Gasteiger partial charge on any atom is 0.210 e. The van der Waals surface area contributed by atoms with Crippen LogP contribution in [-0.2, 0) is 0 Å². The van der Waals surface area contributed by atoms with Gasteiger partial charge in [-0.2, -0.15) is 0 Å². The molecule has 0 radical (unpaired) electrons. The molecule has 0 fully saturated rings. The molecule has 0 aromatic heterocycles. The molecule has 108 valence electrons. The number of ether oxygens (including phenoxy) is 1. The van der Waals surface area contributed by atoms with E-state index in [0.29, 0.717) is 0 Å². The van der Waals surface area contributed by atoms with Crippen molar-refractivity contribution in [2.75, 3.05) is 25.2 Å². The lowest BCUT2D eigenvalue weighted by molar-refractivity contribution is 0.415. The molecule has 1 heterocycles. The van der Waals surface area contributed by atoms with Crippen LogP contribution in [0.25, 0.3) is 0 Å². The predicted molar refractivity (Wildman–Crippen MR) is 85.0 cm³/mol. The Morgan fingerprint density at radius 3 is 2.62 bits per heavy atom. The summed E-state index contributed by atoms with van der Waals surface area (Å²) in [6.45, 7) is 1.66. The average molecular weight is 282 g/mol. The first-order valence-electron chi connectivity index (χ1n) is 6.91. The van der Waals surface area contributed by atoms with E-state index in [-0.39, 0.29) is 0 Å². The van der Waals surface area contributed by atoms with Crippen LogP contribution in [0.3, 0.4) is 0 Å². The highest BCUT2D eigenvalue weighted by Gasteiger charge is 2.13. The highest BCUT2D eigenvalue weighted by molar-refractivity contribution is 5.84. The van der Waals surface area contributed by atoms with Gasteiger partial charge in [0.05, 0.1) is 25.0 Å². The SMILES string of the molecule is COc1cccc(N(NC2=NCCN2)c2ccccc2)c1. The average Bonchev–Trinajstić information content (AvgIpc) is 3.07. The Morgan fingerprint density at radius 1 is 1.10 bits per heavy atom. The van der Waals surface area contributed by atoms with Crippen LogP contribution in [-0.4, -0.2) is 26.2 Å². The van der Waals surface area contributed by atoms with Gasteiger partial charge in [0.1, 0.15) is 5.75 Å². The van der Waals surface area contributed by atoms with Gasteiger partial charge in [-0.25, -0.2) is 0 Å². The quantitative estimate of drug-likeness (QED) is 0.845. The van der Waals surface area contributed by atoms with Crippen LogP contribution in [0.2, 0.25) is 0 Å². The third-order valence-electron chi connectivity index (χ3n) is 3.22. The number of para-hydroxylation sites is 1. The van der Waals surface area contributed by atoms with Crippen molar-refractivity contribution in [2.24, 2.45) is 4.99 Å². The van der Waals surface area contributed by atoms with Crippen molar-refractivity contribution in [3.8, 4) is 5.75 Å². The summed E-state index contributed by atoms with van der Waals surface area (Å²) in [5.41, 5.74) is 5.33. The Bertz CT molecular complexity index is 627. The minimum atomic E-state index is 0.779. The Morgan fingerprint density at radius 2 is 1.90 bits per heavy atom. The number of anilines is 2. The van der Waals surface area contributed by atoms with Gasteiger partial charge in [0, 0.05) is 12.6 Å². The Balaban J connectivity index is 1.94. The first-order chi connectivity index (χ1) is 10.4. The fourth-order valence-corrected chi connectivity index (χ4v) is 2.18. The van der Waals surface area contributed by atoms with E-state index in [1.807, 2.05) is 59.6 Å². The molecule has 0 saturated carbocycles. The fourth-order valence-electron chi connectivity index (χ4n) is 2.18. The molecule has 3 rings (SSSR count). The number of hydrogen-bond acceptors (Lipinski definition) is 5. The highest BCUT2D eigenvalue weighted by Crippen LogP contribution is 2.26. The fraction of sp³-hybridized carbons (Fsp3) is 0.188. The zero-order valence-corrected chi connectivity index (χ0v) is 11.9. The van der Waals surface area contributed by atoms with Crippen molar-refractivity contribution >= 4 is 17.3 Å². The molecule has 2 aromatic rings. The summed E-state index contributed by atoms with van der Waals surface area (Å²) in [5.74, 6) is 1.60. The van der Waals surface area contributed by atoms with Crippen molar-refractivity contribution in [1.29, 1.82) is 0 Å². The molecule has 0 bridgehead atoms. The van der Waals surface area contributed by atoms with Gasteiger partial charge in [0.25, 0.3) is 0 Å². The van der Waals surface area contributed by atoms with Gasteiger partial charge in [-0.1, -0.05) is 24.3 Å². The Hall–Kier alpha value is -2.69. The summed E-state index contributed by atoms with van der Waals surface area (Å²) in [6.07, 6.45) is 0. The van der Waals surface area contributed by atoms with E-state index in [2.05, 4.69) is 15.7 Å². The van der Waals surface area contributed by atoms with Crippen molar-refractivity contribution < 1.29 is 4.74 Å². The summed E-state index contributed by atoms with van der Waals surface area (Å²) in [5, 5.41) is 5.21. The van der Waals surface area contributed by atoms with Crippen LogP contribution >= 0.6 is 0 Å². The monoisotopic (exact) mass is 282 g/mol. The number of hydrazine groups is 1. The van der Waals surface area contributed by atoms with Gasteiger partial charge in [0.2, 0.25) is 5.96 Å². The van der Waals surface area contributed by atoms with Gasteiger partial charge >= 0.3 is 0 Å². The van der Waals surface area contributed by atoms with Gasteiger partial charge in [-0.15, -0.1) is 0 Å². The van der Waals surface area contributed by atoms with Crippen LogP contribution < -0.4 is 20.5 Å². The van der Waals surface area contributed by atoms with Crippen molar-refractivity contribution in [1.82, 2.24) is 10.7 Å². The first kappa shape index (κ1) is 13.3. The standard InChI is InChI=1S/C16H18N4O/c1-21-15-9-5-8-14(12-15)20(13-6-3-2-4-7-13)19-16-17-10-11-18-16/h2-9,12H,10-11H2,1H3,(H2,17,18,19). The van der Waals surface area contributed by atoms with Gasteiger partial charge in [0.15, 0.2) is 0 Å². The van der Waals surface area contributed by atoms with Crippen LogP contribution in [0.5, 0.6) is 5.75 Å². The summed E-state index contributed by atoms with van der Waals surface area (Å²) >= 11 is 0. The second kappa shape index (κ2) is 6.17. The van der Waals surface area contributed by atoms with E-state index in [4.69, 9.17) is 4.74 Å². The lowest BCUT2D eigenvalue weighted by atomic mass is 10.2. The van der Waals surface area contributed by atoms with Gasteiger partial charge in [-0.05, 0) is 24.3 Å². The number of rotatable bonds is 4. The summed E-state index contributed by atoms with van der Waals surface area (Å²) in [6, 6.07) is 18.0. The molecule has 0 saturated heterocycles. The third-order valence-corrected chi connectivity index (χ3v) is 3.22. The number of guanidine groups is 1. The van der Waals surface area contributed by atoms with Crippen LogP contribution in [0, 0.1) is 0 Å². The van der Waals surface area contributed by atoms with E-state index in [9.17, 15) is 0 Å². The smallest absolute Gasteiger partial charge is 0.210 e. The van der Waals surface area contributed by atoms with Crippen molar-refractivity contribution in [3.63, 3.8) is 0 Å². The lowest BCUT2D eigenvalue weighted by Gasteiger charge is -2.26. The lowest BCUT2D eigenvalue weighted by Crippen LogP contribution is -2.44.